The number of ether oxygens (including phenoxy) is 1. The molecule has 110 valence electrons. The zero-order valence-electron chi connectivity index (χ0n) is 11.3. The lowest BCUT2D eigenvalue weighted by Crippen LogP contribution is -2.47. The largest absolute Gasteiger partial charge is 0.384 e. The Morgan fingerprint density at radius 1 is 1.50 bits per heavy atom. The molecule has 2 N–H and O–H groups in total. The van der Waals surface area contributed by atoms with Crippen molar-refractivity contribution < 1.29 is 9.53 Å². The fourth-order valence-corrected chi connectivity index (χ4v) is 3.18. The molecule has 0 atom stereocenters. The molecule has 0 aliphatic carbocycles. The molecule has 0 saturated carbocycles. The Morgan fingerprint density at radius 3 is 2.80 bits per heavy atom. The summed E-state index contributed by atoms with van der Waals surface area (Å²) in [6.45, 7) is 2.07. The number of halogens is 2. The van der Waals surface area contributed by atoms with Gasteiger partial charge in [0.05, 0.1) is 22.7 Å². The van der Waals surface area contributed by atoms with Crippen LogP contribution in [0.2, 0.25) is 5.02 Å². The third-order valence-electron chi connectivity index (χ3n) is 3.64. The molecule has 4 nitrogen and oxygen atoms in total. The van der Waals surface area contributed by atoms with Gasteiger partial charge in [-0.1, -0.05) is 27.5 Å². The fourth-order valence-electron chi connectivity index (χ4n) is 2.46. The number of nitrogens with one attached hydrogen (secondary N) is 2. The summed E-state index contributed by atoms with van der Waals surface area (Å²) in [6, 6.07) is 5.42. The molecule has 1 heterocycles. The van der Waals surface area contributed by atoms with Crippen molar-refractivity contribution in [1.82, 2.24) is 5.32 Å². The Hall–Kier alpha value is -0.620. The van der Waals surface area contributed by atoms with Gasteiger partial charge in [0.25, 0.3) is 0 Å². The van der Waals surface area contributed by atoms with Crippen LogP contribution in [0.15, 0.2) is 22.7 Å². The number of carbonyl (C=O) groups is 1. The van der Waals surface area contributed by atoms with Gasteiger partial charge in [0.15, 0.2) is 0 Å². The first-order valence-corrected chi connectivity index (χ1v) is 7.71. The molecule has 0 aromatic heterocycles. The van der Waals surface area contributed by atoms with Gasteiger partial charge in [-0.2, -0.15) is 0 Å². The summed E-state index contributed by atoms with van der Waals surface area (Å²) in [5.74, 6) is -0.0231. The summed E-state index contributed by atoms with van der Waals surface area (Å²) in [7, 11) is 1.63. The zero-order valence-corrected chi connectivity index (χ0v) is 13.7. The molecular formula is C14H18BrClN2O2. The molecule has 20 heavy (non-hydrogen) atoms. The molecule has 0 spiro atoms. The van der Waals surface area contributed by atoms with Crippen molar-refractivity contribution in [3.8, 4) is 0 Å². The van der Waals surface area contributed by atoms with Crippen LogP contribution >= 0.6 is 27.5 Å². The van der Waals surface area contributed by atoms with E-state index in [9.17, 15) is 4.79 Å². The Balaban J connectivity index is 2.15. The number of hydrogen-bond donors (Lipinski definition) is 2. The number of carbonyl (C=O) groups excluding carboxylic acids is 1. The number of anilines is 1. The minimum Gasteiger partial charge on any atom is -0.384 e. The Morgan fingerprint density at radius 2 is 2.20 bits per heavy atom. The highest BCUT2D eigenvalue weighted by Gasteiger charge is 2.39. The average molecular weight is 362 g/mol. The van der Waals surface area contributed by atoms with E-state index < -0.39 is 5.41 Å². The highest BCUT2D eigenvalue weighted by Crippen LogP contribution is 2.33. The summed E-state index contributed by atoms with van der Waals surface area (Å²) in [5.41, 5.74) is 0.157. The van der Waals surface area contributed by atoms with Gasteiger partial charge in [0.1, 0.15) is 0 Å². The molecule has 1 aliphatic rings. The van der Waals surface area contributed by atoms with Crippen molar-refractivity contribution in [3.63, 3.8) is 0 Å². The van der Waals surface area contributed by atoms with Gasteiger partial charge < -0.3 is 15.4 Å². The Kier molecular flexibility index (Phi) is 5.43. The number of hydrogen-bond acceptors (Lipinski definition) is 3. The summed E-state index contributed by atoms with van der Waals surface area (Å²) in [4.78, 5) is 12.6. The molecule has 2 rings (SSSR count). The minimum atomic E-state index is -0.476. The van der Waals surface area contributed by atoms with Gasteiger partial charge in [0, 0.05) is 11.6 Å². The first kappa shape index (κ1) is 15.8. The van der Waals surface area contributed by atoms with Gasteiger partial charge in [-0.15, -0.1) is 0 Å². The van der Waals surface area contributed by atoms with Crippen LogP contribution in [-0.2, 0) is 9.53 Å². The molecule has 6 heteroatoms. The molecule has 1 aromatic carbocycles. The predicted octanol–water partition coefficient (Wildman–Crippen LogP) is 3.06. The van der Waals surface area contributed by atoms with E-state index >= 15 is 0 Å². The van der Waals surface area contributed by atoms with Crippen LogP contribution in [0.3, 0.4) is 0 Å². The first-order chi connectivity index (χ1) is 9.57. The smallest absolute Gasteiger partial charge is 0.233 e. The summed E-state index contributed by atoms with van der Waals surface area (Å²) >= 11 is 9.50. The second-order valence-electron chi connectivity index (χ2n) is 5.04. The fraction of sp³-hybridized carbons (Fsp3) is 0.500. The molecular weight excluding hydrogens is 344 g/mol. The van der Waals surface area contributed by atoms with E-state index in [-0.39, 0.29) is 5.91 Å². The van der Waals surface area contributed by atoms with Gasteiger partial charge in [-0.3, -0.25) is 4.79 Å². The molecule has 0 unspecified atom stereocenters. The number of benzene rings is 1. The normalized spacial score (nSPS) is 17.8. The number of amides is 1. The van der Waals surface area contributed by atoms with Crippen LogP contribution in [0.25, 0.3) is 0 Å². The van der Waals surface area contributed by atoms with Crippen molar-refractivity contribution >= 4 is 39.1 Å². The van der Waals surface area contributed by atoms with Crippen molar-refractivity contribution in [3.05, 3.63) is 27.7 Å². The standard InChI is InChI=1S/C14H18BrClN2O2/c1-20-9-14(4-6-17-7-5-14)13(19)18-12-3-2-10(15)8-11(12)16/h2-3,8,17H,4-7,9H2,1H3,(H,18,19). The molecule has 1 aliphatic heterocycles. The lowest BCUT2D eigenvalue weighted by atomic mass is 9.78. The van der Waals surface area contributed by atoms with E-state index in [2.05, 4.69) is 26.6 Å². The average Bonchev–Trinajstić information content (AvgIpc) is 2.43. The lowest BCUT2D eigenvalue weighted by Gasteiger charge is -2.35. The van der Waals surface area contributed by atoms with Crippen molar-refractivity contribution in [2.45, 2.75) is 12.8 Å². The number of rotatable bonds is 4. The molecule has 1 amide bonds. The first-order valence-electron chi connectivity index (χ1n) is 6.53. The SMILES string of the molecule is COCC1(C(=O)Nc2ccc(Br)cc2Cl)CCNCC1. The van der Waals surface area contributed by atoms with Gasteiger partial charge in [-0.25, -0.2) is 0 Å². The highest BCUT2D eigenvalue weighted by atomic mass is 79.9. The third kappa shape index (κ3) is 3.52. The van der Waals surface area contributed by atoms with Crippen LogP contribution in [0.4, 0.5) is 5.69 Å². The summed E-state index contributed by atoms with van der Waals surface area (Å²) in [5, 5.41) is 6.72. The van der Waals surface area contributed by atoms with Crippen LogP contribution in [-0.4, -0.2) is 32.7 Å². The molecule has 1 saturated heterocycles. The quantitative estimate of drug-likeness (QED) is 0.866. The van der Waals surface area contributed by atoms with Crippen molar-refractivity contribution in [2.24, 2.45) is 5.41 Å². The Bertz CT molecular complexity index is 485. The molecule has 0 radical (unpaired) electrons. The molecule has 1 aromatic rings. The topological polar surface area (TPSA) is 50.4 Å². The minimum absolute atomic E-state index is 0.0231. The highest BCUT2D eigenvalue weighted by molar-refractivity contribution is 9.10. The van der Waals surface area contributed by atoms with Gasteiger partial charge in [-0.05, 0) is 44.1 Å². The third-order valence-corrected chi connectivity index (χ3v) is 4.45. The molecule has 0 bridgehead atoms. The van der Waals surface area contributed by atoms with Crippen molar-refractivity contribution in [2.75, 3.05) is 32.1 Å². The monoisotopic (exact) mass is 360 g/mol. The lowest BCUT2D eigenvalue weighted by molar-refractivity contribution is -0.130. The predicted molar refractivity (Wildman–Crippen MR) is 84.2 cm³/mol. The van der Waals surface area contributed by atoms with Crippen molar-refractivity contribution in [1.29, 1.82) is 0 Å². The summed E-state index contributed by atoms with van der Waals surface area (Å²) in [6.07, 6.45) is 1.53. The maximum absolute atomic E-state index is 12.6. The van der Waals surface area contributed by atoms with E-state index in [1.807, 2.05) is 6.07 Å². The van der Waals surface area contributed by atoms with E-state index in [1.165, 1.54) is 0 Å². The van der Waals surface area contributed by atoms with Crippen LogP contribution < -0.4 is 10.6 Å². The maximum Gasteiger partial charge on any atom is 0.233 e. The second kappa shape index (κ2) is 6.89. The van der Waals surface area contributed by atoms with E-state index in [0.29, 0.717) is 17.3 Å². The second-order valence-corrected chi connectivity index (χ2v) is 6.36. The van der Waals surface area contributed by atoms with E-state index in [1.54, 1.807) is 19.2 Å². The van der Waals surface area contributed by atoms with Gasteiger partial charge in [0.2, 0.25) is 5.91 Å². The van der Waals surface area contributed by atoms with Gasteiger partial charge >= 0.3 is 0 Å². The Labute approximate surface area is 132 Å². The zero-order chi connectivity index (χ0) is 14.6. The van der Waals surface area contributed by atoms with Crippen LogP contribution in [0.5, 0.6) is 0 Å². The van der Waals surface area contributed by atoms with E-state index in [4.69, 9.17) is 16.3 Å². The van der Waals surface area contributed by atoms with Crippen LogP contribution in [0.1, 0.15) is 12.8 Å². The number of piperidine rings is 1. The molecule has 1 fully saturated rings. The summed E-state index contributed by atoms with van der Waals surface area (Å²) < 4.78 is 6.15. The number of methoxy groups -OCH3 is 1. The van der Waals surface area contributed by atoms with Crippen LogP contribution in [0, 0.1) is 5.41 Å². The van der Waals surface area contributed by atoms with E-state index in [0.717, 1.165) is 30.4 Å². The maximum atomic E-state index is 12.6.